The Hall–Kier alpha value is -2.10. The SMILES string of the molecule is CCNC(=NCCCCn1ccccc1=O)NC(C)c1ccc(OCC2CC2)c(F)c1.I. The zero-order valence-corrected chi connectivity index (χ0v) is 21.2. The third-order valence-corrected chi connectivity index (χ3v) is 5.30. The molecule has 0 bridgehead atoms. The van der Waals surface area contributed by atoms with E-state index in [0.29, 0.717) is 37.3 Å². The third-order valence-electron chi connectivity index (χ3n) is 5.30. The summed E-state index contributed by atoms with van der Waals surface area (Å²) in [6.45, 7) is 6.65. The minimum absolute atomic E-state index is 0. The highest BCUT2D eigenvalue weighted by atomic mass is 127. The summed E-state index contributed by atoms with van der Waals surface area (Å²) in [5, 5.41) is 6.57. The molecule has 0 aliphatic heterocycles. The number of unbranched alkanes of at least 4 members (excludes halogenated alkanes) is 1. The van der Waals surface area contributed by atoms with E-state index in [0.717, 1.165) is 24.9 Å². The fourth-order valence-electron chi connectivity index (χ4n) is 3.23. The Bertz CT molecular complexity index is 930. The van der Waals surface area contributed by atoms with Crippen LogP contribution in [-0.2, 0) is 6.54 Å². The molecule has 1 saturated carbocycles. The molecule has 1 atom stereocenters. The van der Waals surface area contributed by atoms with Gasteiger partial charge in [0.1, 0.15) is 0 Å². The van der Waals surface area contributed by atoms with Gasteiger partial charge >= 0.3 is 0 Å². The van der Waals surface area contributed by atoms with Crippen molar-refractivity contribution in [2.24, 2.45) is 10.9 Å². The lowest BCUT2D eigenvalue weighted by Crippen LogP contribution is -2.38. The van der Waals surface area contributed by atoms with Crippen LogP contribution >= 0.6 is 24.0 Å². The first-order valence-corrected chi connectivity index (χ1v) is 11.2. The zero-order chi connectivity index (χ0) is 22.1. The molecule has 2 aromatic rings. The summed E-state index contributed by atoms with van der Waals surface area (Å²) in [6.07, 6.45) is 5.90. The van der Waals surface area contributed by atoms with Crippen LogP contribution in [0.2, 0.25) is 0 Å². The summed E-state index contributed by atoms with van der Waals surface area (Å²) in [4.78, 5) is 16.3. The number of aromatic nitrogens is 1. The summed E-state index contributed by atoms with van der Waals surface area (Å²) in [7, 11) is 0. The van der Waals surface area contributed by atoms with E-state index in [2.05, 4.69) is 15.6 Å². The van der Waals surface area contributed by atoms with Gasteiger partial charge < -0.3 is 19.9 Å². The number of hydrogen-bond acceptors (Lipinski definition) is 3. The Morgan fingerprint density at radius 1 is 1.28 bits per heavy atom. The first-order valence-electron chi connectivity index (χ1n) is 11.2. The Kier molecular flexibility index (Phi) is 11.0. The summed E-state index contributed by atoms with van der Waals surface area (Å²) in [6, 6.07) is 10.2. The molecule has 0 saturated heterocycles. The molecule has 176 valence electrons. The van der Waals surface area contributed by atoms with Crippen molar-refractivity contribution in [3.8, 4) is 5.75 Å². The number of pyridine rings is 1. The number of nitrogens with zero attached hydrogens (tertiary/aromatic N) is 2. The maximum Gasteiger partial charge on any atom is 0.250 e. The smallest absolute Gasteiger partial charge is 0.250 e. The topological polar surface area (TPSA) is 67.7 Å². The van der Waals surface area contributed by atoms with Gasteiger partial charge in [0.25, 0.3) is 0 Å². The van der Waals surface area contributed by atoms with Crippen LogP contribution in [0.1, 0.15) is 51.1 Å². The number of guanidine groups is 1. The Morgan fingerprint density at radius 2 is 2.09 bits per heavy atom. The summed E-state index contributed by atoms with van der Waals surface area (Å²) >= 11 is 0. The maximum absolute atomic E-state index is 14.4. The largest absolute Gasteiger partial charge is 0.490 e. The standard InChI is InChI=1S/C24H33FN4O2.HI/c1-3-26-24(27-13-5-7-15-29-14-6-4-8-23(29)30)28-18(2)20-11-12-22(21(25)16-20)31-17-19-9-10-19;/h4,6,8,11-12,14,16,18-19H,3,5,7,9-10,13,15,17H2,1-2H3,(H2,26,27,28);1H. The Labute approximate surface area is 206 Å². The number of halogens is 2. The fraction of sp³-hybridized carbons (Fsp3) is 0.500. The molecule has 1 aliphatic carbocycles. The van der Waals surface area contributed by atoms with Crippen LogP contribution < -0.4 is 20.9 Å². The lowest BCUT2D eigenvalue weighted by molar-refractivity contribution is 0.285. The van der Waals surface area contributed by atoms with Gasteiger partial charge in [0.05, 0.1) is 12.6 Å². The van der Waals surface area contributed by atoms with Crippen molar-refractivity contribution < 1.29 is 9.13 Å². The van der Waals surface area contributed by atoms with Crippen molar-refractivity contribution in [1.82, 2.24) is 15.2 Å². The Balaban J connectivity index is 0.00000363. The average molecular weight is 556 g/mol. The van der Waals surface area contributed by atoms with Gasteiger partial charge in [0.2, 0.25) is 5.56 Å². The van der Waals surface area contributed by atoms with Crippen LogP contribution in [0.5, 0.6) is 5.75 Å². The second kappa shape index (κ2) is 13.4. The van der Waals surface area contributed by atoms with E-state index < -0.39 is 0 Å². The highest BCUT2D eigenvalue weighted by molar-refractivity contribution is 14.0. The predicted octanol–water partition coefficient (Wildman–Crippen LogP) is 4.49. The molecule has 0 amide bonds. The molecule has 1 unspecified atom stereocenters. The van der Waals surface area contributed by atoms with Crippen LogP contribution in [0, 0.1) is 11.7 Å². The average Bonchev–Trinajstić information content (AvgIpc) is 3.58. The summed E-state index contributed by atoms with van der Waals surface area (Å²) < 4.78 is 21.7. The molecule has 1 aromatic heterocycles. The van der Waals surface area contributed by atoms with E-state index in [9.17, 15) is 9.18 Å². The number of aryl methyl sites for hydroxylation is 1. The van der Waals surface area contributed by atoms with Crippen molar-refractivity contribution >= 4 is 29.9 Å². The van der Waals surface area contributed by atoms with Gasteiger partial charge in [0.15, 0.2) is 17.5 Å². The summed E-state index contributed by atoms with van der Waals surface area (Å²) in [5.41, 5.74) is 0.858. The van der Waals surface area contributed by atoms with E-state index >= 15 is 0 Å². The highest BCUT2D eigenvalue weighted by Crippen LogP contribution is 2.30. The van der Waals surface area contributed by atoms with E-state index in [4.69, 9.17) is 4.74 Å². The van der Waals surface area contributed by atoms with Crippen LogP contribution in [-0.4, -0.2) is 30.2 Å². The van der Waals surface area contributed by atoms with Crippen molar-refractivity contribution in [3.63, 3.8) is 0 Å². The fourth-order valence-corrected chi connectivity index (χ4v) is 3.23. The molecular formula is C24H34FIN4O2. The lowest BCUT2D eigenvalue weighted by atomic mass is 10.1. The Morgan fingerprint density at radius 3 is 2.78 bits per heavy atom. The molecule has 8 heteroatoms. The lowest BCUT2D eigenvalue weighted by Gasteiger charge is -2.19. The van der Waals surface area contributed by atoms with Gasteiger partial charge in [-0.05, 0) is 69.2 Å². The van der Waals surface area contributed by atoms with E-state index in [1.807, 2.05) is 26.0 Å². The van der Waals surface area contributed by atoms with Crippen molar-refractivity contribution in [1.29, 1.82) is 0 Å². The van der Waals surface area contributed by atoms with Crippen LogP contribution in [0.3, 0.4) is 0 Å². The highest BCUT2D eigenvalue weighted by Gasteiger charge is 2.22. The zero-order valence-electron chi connectivity index (χ0n) is 18.9. The molecular weight excluding hydrogens is 522 g/mol. The van der Waals surface area contributed by atoms with E-state index in [-0.39, 0.29) is 41.4 Å². The predicted molar refractivity (Wildman–Crippen MR) is 137 cm³/mol. The number of hydrogen-bond donors (Lipinski definition) is 2. The molecule has 0 radical (unpaired) electrons. The quantitative estimate of drug-likeness (QED) is 0.185. The third kappa shape index (κ3) is 8.44. The number of rotatable bonds is 11. The molecule has 1 heterocycles. The van der Waals surface area contributed by atoms with Crippen LogP contribution in [0.15, 0.2) is 52.4 Å². The van der Waals surface area contributed by atoms with Gasteiger partial charge in [-0.3, -0.25) is 9.79 Å². The van der Waals surface area contributed by atoms with Gasteiger partial charge in [-0.15, -0.1) is 24.0 Å². The van der Waals surface area contributed by atoms with Crippen LogP contribution in [0.25, 0.3) is 0 Å². The first kappa shape index (κ1) is 26.2. The second-order valence-electron chi connectivity index (χ2n) is 8.01. The molecule has 0 spiro atoms. The van der Waals surface area contributed by atoms with Crippen molar-refractivity contribution in [2.75, 3.05) is 19.7 Å². The van der Waals surface area contributed by atoms with Gasteiger partial charge in [-0.1, -0.05) is 12.1 Å². The maximum atomic E-state index is 14.4. The van der Waals surface area contributed by atoms with Gasteiger partial charge in [-0.25, -0.2) is 4.39 Å². The monoisotopic (exact) mass is 556 g/mol. The number of aliphatic imine (C=N–C) groups is 1. The van der Waals surface area contributed by atoms with E-state index in [1.54, 1.807) is 29.0 Å². The molecule has 1 aliphatic rings. The van der Waals surface area contributed by atoms with Gasteiger partial charge in [-0.2, -0.15) is 0 Å². The number of ether oxygens (including phenoxy) is 1. The molecule has 32 heavy (non-hydrogen) atoms. The molecule has 3 rings (SSSR count). The number of benzene rings is 1. The van der Waals surface area contributed by atoms with Gasteiger partial charge in [0, 0.05) is 31.9 Å². The molecule has 1 fully saturated rings. The normalized spacial score (nSPS) is 14.4. The van der Waals surface area contributed by atoms with Crippen molar-refractivity contribution in [3.05, 3.63) is 64.3 Å². The van der Waals surface area contributed by atoms with Crippen LogP contribution in [0.4, 0.5) is 4.39 Å². The molecule has 6 nitrogen and oxygen atoms in total. The minimum atomic E-state index is -0.329. The minimum Gasteiger partial charge on any atom is -0.490 e. The molecule has 2 N–H and O–H groups in total. The number of nitrogens with one attached hydrogen (secondary N) is 2. The summed E-state index contributed by atoms with van der Waals surface area (Å²) in [5.74, 6) is 1.28. The van der Waals surface area contributed by atoms with E-state index in [1.165, 1.54) is 18.9 Å². The first-order chi connectivity index (χ1) is 15.1. The van der Waals surface area contributed by atoms with Crippen molar-refractivity contribution in [2.45, 2.75) is 52.1 Å². The molecule has 1 aromatic carbocycles. The second-order valence-corrected chi connectivity index (χ2v) is 8.01.